The van der Waals surface area contributed by atoms with Gasteiger partial charge in [-0.25, -0.2) is 0 Å². The third-order valence-electron chi connectivity index (χ3n) is 3.91. The Balaban J connectivity index is 1.58. The van der Waals surface area contributed by atoms with E-state index < -0.39 is 6.10 Å². The smallest absolute Gasteiger partial charge is 0.119 e. The highest BCUT2D eigenvalue weighted by Gasteiger charge is 2.29. The molecule has 1 aliphatic rings. The van der Waals surface area contributed by atoms with Gasteiger partial charge in [0, 0.05) is 19.2 Å². The van der Waals surface area contributed by atoms with Crippen LogP contribution >= 0.6 is 0 Å². The van der Waals surface area contributed by atoms with Crippen molar-refractivity contribution in [1.82, 2.24) is 5.32 Å². The largest absolute Gasteiger partial charge is 0.491 e. The molecule has 1 aromatic carbocycles. The second-order valence-electron chi connectivity index (χ2n) is 5.62. The summed E-state index contributed by atoms with van der Waals surface area (Å²) in [6, 6.07) is 8.50. The lowest BCUT2D eigenvalue weighted by molar-refractivity contribution is -0.0134. The molecule has 2 rings (SSSR count). The average molecular weight is 293 g/mol. The Labute approximate surface area is 127 Å². The van der Waals surface area contributed by atoms with E-state index in [9.17, 15) is 5.11 Å². The summed E-state index contributed by atoms with van der Waals surface area (Å²) >= 11 is 0. The van der Waals surface area contributed by atoms with Gasteiger partial charge < -0.3 is 19.9 Å². The molecule has 0 heterocycles. The first-order valence-electron chi connectivity index (χ1n) is 7.96. The zero-order chi connectivity index (χ0) is 15.1. The number of benzene rings is 1. The molecule has 0 amide bonds. The molecule has 4 heteroatoms. The lowest BCUT2D eigenvalue weighted by Crippen LogP contribution is -2.48. The molecule has 21 heavy (non-hydrogen) atoms. The molecule has 0 saturated heterocycles. The Morgan fingerprint density at radius 3 is 2.57 bits per heavy atom. The molecule has 1 fully saturated rings. The highest BCUT2D eigenvalue weighted by Crippen LogP contribution is 2.23. The molecule has 1 atom stereocenters. The van der Waals surface area contributed by atoms with E-state index in [4.69, 9.17) is 9.47 Å². The van der Waals surface area contributed by atoms with Crippen molar-refractivity contribution >= 4 is 0 Å². The van der Waals surface area contributed by atoms with Crippen molar-refractivity contribution in [3.63, 3.8) is 0 Å². The van der Waals surface area contributed by atoms with Gasteiger partial charge in [-0.2, -0.15) is 0 Å². The molecular formula is C17H27NO3. The maximum atomic E-state index is 9.93. The first-order valence-corrected chi connectivity index (χ1v) is 7.96. The first-order chi connectivity index (χ1) is 10.2. The Kier molecular flexibility index (Phi) is 6.49. The maximum absolute atomic E-state index is 9.93. The first kappa shape index (κ1) is 16.3. The number of hydrogen-bond acceptors (Lipinski definition) is 4. The second-order valence-corrected chi connectivity index (χ2v) is 5.62. The van der Waals surface area contributed by atoms with Crippen LogP contribution in [-0.4, -0.2) is 43.1 Å². The van der Waals surface area contributed by atoms with E-state index in [2.05, 4.69) is 24.4 Å². The van der Waals surface area contributed by atoms with Crippen LogP contribution in [0.4, 0.5) is 0 Å². The lowest BCUT2D eigenvalue weighted by atomic mass is 9.89. The van der Waals surface area contributed by atoms with E-state index in [1.54, 1.807) is 0 Å². The van der Waals surface area contributed by atoms with Crippen molar-refractivity contribution in [2.75, 3.05) is 19.8 Å². The van der Waals surface area contributed by atoms with Gasteiger partial charge in [0.1, 0.15) is 18.5 Å². The molecule has 1 aromatic rings. The summed E-state index contributed by atoms with van der Waals surface area (Å²) in [4.78, 5) is 0. The SMILES string of the molecule is CCOC1CC(NCC(O)COc2ccc(CC)cc2)C1. The molecule has 0 bridgehead atoms. The molecule has 1 aliphatic carbocycles. The molecule has 0 aliphatic heterocycles. The van der Waals surface area contributed by atoms with Gasteiger partial charge in [-0.05, 0) is 43.9 Å². The summed E-state index contributed by atoms with van der Waals surface area (Å²) < 4.78 is 11.1. The number of nitrogens with one attached hydrogen (secondary N) is 1. The van der Waals surface area contributed by atoms with Crippen molar-refractivity contribution in [3.8, 4) is 5.75 Å². The van der Waals surface area contributed by atoms with E-state index >= 15 is 0 Å². The number of aryl methyl sites for hydroxylation is 1. The highest BCUT2D eigenvalue weighted by atomic mass is 16.5. The number of aliphatic hydroxyl groups is 1. The fourth-order valence-electron chi connectivity index (χ4n) is 2.48. The van der Waals surface area contributed by atoms with E-state index in [1.165, 1.54) is 5.56 Å². The van der Waals surface area contributed by atoms with Crippen LogP contribution in [0.15, 0.2) is 24.3 Å². The van der Waals surface area contributed by atoms with E-state index in [0.29, 0.717) is 25.3 Å². The van der Waals surface area contributed by atoms with Crippen LogP contribution in [0.5, 0.6) is 5.75 Å². The molecule has 0 radical (unpaired) electrons. The van der Waals surface area contributed by atoms with Crippen LogP contribution in [0.2, 0.25) is 0 Å². The van der Waals surface area contributed by atoms with Gasteiger partial charge >= 0.3 is 0 Å². The van der Waals surface area contributed by atoms with Crippen LogP contribution in [0, 0.1) is 0 Å². The van der Waals surface area contributed by atoms with Crippen molar-refractivity contribution in [3.05, 3.63) is 29.8 Å². The van der Waals surface area contributed by atoms with E-state index in [-0.39, 0.29) is 0 Å². The Morgan fingerprint density at radius 1 is 1.24 bits per heavy atom. The fraction of sp³-hybridized carbons (Fsp3) is 0.647. The standard InChI is InChI=1S/C17H27NO3/c1-3-13-5-7-16(8-6-13)21-12-15(19)11-18-14-9-17(10-14)20-4-2/h5-8,14-15,17-19H,3-4,9-12H2,1-2H3. The number of aliphatic hydroxyl groups excluding tert-OH is 1. The summed E-state index contributed by atoms with van der Waals surface area (Å²) in [6.45, 7) is 5.82. The summed E-state index contributed by atoms with van der Waals surface area (Å²) in [6.07, 6.45) is 3.02. The normalized spacial score (nSPS) is 22.6. The number of rotatable bonds is 9. The Bertz CT molecular complexity index is 401. The van der Waals surface area contributed by atoms with Gasteiger partial charge in [-0.1, -0.05) is 19.1 Å². The van der Waals surface area contributed by atoms with Crippen molar-refractivity contribution < 1.29 is 14.6 Å². The van der Waals surface area contributed by atoms with Crippen LogP contribution in [0.3, 0.4) is 0 Å². The van der Waals surface area contributed by atoms with Gasteiger partial charge in [0.25, 0.3) is 0 Å². The molecule has 2 N–H and O–H groups in total. The van der Waals surface area contributed by atoms with Gasteiger partial charge in [0.2, 0.25) is 0 Å². The van der Waals surface area contributed by atoms with Crippen LogP contribution in [0.25, 0.3) is 0 Å². The number of ether oxygens (including phenoxy) is 2. The topological polar surface area (TPSA) is 50.7 Å². The predicted octanol–water partition coefficient (Wildman–Crippen LogP) is 2.15. The molecule has 4 nitrogen and oxygen atoms in total. The number of hydrogen-bond donors (Lipinski definition) is 2. The minimum absolute atomic E-state index is 0.320. The monoisotopic (exact) mass is 293 g/mol. The highest BCUT2D eigenvalue weighted by molar-refractivity contribution is 5.27. The summed E-state index contributed by atoms with van der Waals surface area (Å²) in [7, 11) is 0. The zero-order valence-corrected chi connectivity index (χ0v) is 13.0. The van der Waals surface area contributed by atoms with Crippen molar-refractivity contribution in [1.29, 1.82) is 0 Å². The minimum Gasteiger partial charge on any atom is -0.491 e. The summed E-state index contributed by atoms with van der Waals surface area (Å²) in [5, 5.41) is 13.3. The molecule has 118 valence electrons. The molecular weight excluding hydrogens is 266 g/mol. The van der Waals surface area contributed by atoms with Crippen LogP contribution < -0.4 is 10.1 Å². The molecule has 1 unspecified atom stereocenters. The fourth-order valence-corrected chi connectivity index (χ4v) is 2.48. The third kappa shape index (κ3) is 5.30. The second kappa shape index (κ2) is 8.37. The maximum Gasteiger partial charge on any atom is 0.119 e. The predicted molar refractivity (Wildman–Crippen MR) is 83.8 cm³/mol. The lowest BCUT2D eigenvalue weighted by Gasteiger charge is -2.36. The molecule has 0 aromatic heterocycles. The quantitative estimate of drug-likeness (QED) is 0.732. The van der Waals surface area contributed by atoms with E-state index in [1.807, 2.05) is 19.1 Å². The van der Waals surface area contributed by atoms with Gasteiger partial charge in [-0.15, -0.1) is 0 Å². The zero-order valence-electron chi connectivity index (χ0n) is 13.0. The van der Waals surface area contributed by atoms with Crippen LogP contribution in [0.1, 0.15) is 32.3 Å². The van der Waals surface area contributed by atoms with Gasteiger partial charge in [0.05, 0.1) is 6.10 Å². The van der Waals surface area contributed by atoms with Crippen LogP contribution in [-0.2, 0) is 11.2 Å². The minimum atomic E-state index is -0.484. The summed E-state index contributed by atoms with van der Waals surface area (Å²) in [5.41, 5.74) is 1.29. The van der Waals surface area contributed by atoms with Gasteiger partial charge in [0.15, 0.2) is 0 Å². The summed E-state index contributed by atoms with van der Waals surface area (Å²) in [5.74, 6) is 0.811. The Hall–Kier alpha value is -1.10. The molecule has 0 spiro atoms. The Morgan fingerprint density at radius 2 is 1.95 bits per heavy atom. The van der Waals surface area contributed by atoms with E-state index in [0.717, 1.165) is 31.6 Å². The van der Waals surface area contributed by atoms with Crippen molar-refractivity contribution in [2.45, 2.75) is 51.4 Å². The average Bonchev–Trinajstić information content (AvgIpc) is 2.47. The van der Waals surface area contributed by atoms with Gasteiger partial charge in [-0.3, -0.25) is 0 Å². The van der Waals surface area contributed by atoms with Crippen molar-refractivity contribution in [2.24, 2.45) is 0 Å². The third-order valence-corrected chi connectivity index (χ3v) is 3.91. The molecule has 1 saturated carbocycles.